The van der Waals surface area contributed by atoms with Gasteiger partial charge in [-0.3, -0.25) is 0 Å². The minimum absolute atomic E-state index is 0.615. The summed E-state index contributed by atoms with van der Waals surface area (Å²) in [7, 11) is 0. The lowest BCUT2D eigenvalue weighted by molar-refractivity contribution is 0.117. The zero-order valence-electron chi connectivity index (χ0n) is 9.05. The van der Waals surface area contributed by atoms with E-state index in [4.69, 9.17) is 16.3 Å². The smallest absolute Gasteiger partial charge is 0.0731 e. The molecule has 0 N–H and O–H groups in total. The molecule has 1 rings (SSSR count). The highest BCUT2D eigenvalue weighted by Gasteiger charge is 1.98. The van der Waals surface area contributed by atoms with Crippen LogP contribution in [0.1, 0.15) is 31.2 Å². The Morgan fingerprint density at radius 2 is 1.93 bits per heavy atom. The SMILES string of the molecule is [CH2]CCCCCOCc1ccccc1Cl. The minimum atomic E-state index is 0.615. The Labute approximate surface area is 97.4 Å². The largest absolute Gasteiger partial charge is 0.377 e. The molecule has 0 spiro atoms. The topological polar surface area (TPSA) is 9.23 Å². The van der Waals surface area contributed by atoms with Gasteiger partial charge in [0.15, 0.2) is 0 Å². The summed E-state index contributed by atoms with van der Waals surface area (Å²) in [6.45, 7) is 5.23. The predicted octanol–water partition coefficient (Wildman–Crippen LogP) is 4.25. The molecule has 0 bridgehead atoms. The van der Waals surface area contributed by atoms with Crippen molar-refractivity contribution in [2.45, 2.75) is 32.3 Å². The second-order valence-corrected chi connectivity index (χ2v) is 3.97. The molecule has 0 heterocycles. The van der Waals surface area contributed by atoms with Gasteiger partial charge >= 0.3 is 0 Å². The van der Waals surface area contributed by atoms with Crippen molar-refractivity contribution >= 4 is 11.6 Å². The van der Waals surface area contributed by atoms with Crippen molar-refractivity contribution in [1.29, 1.82) is 0 Å². The van der Waals surface area contributed by atoms with E-state index < -0.39 is 0 Å². The van der Waals surface area contributed by atoms with E-state index in [0.717, 1.165) is 30.0 Å². The number of hydrogen-bond acceptors (Lipinski definition) is 1. The lowest BCUT2D eigenvalue weighted by Gasteiger charge is -2.05. The molecule has 0 saturated carbocycles. The summed E-state index contributed by atoms with van der Waals surface area (Å²) >= 11 is 6.00. The standard InChI is InChI=1S/C13H18ClO/c1-2-3-4-7-10-15-11-12-8-5-6-9-13(12)14/h5-6,8-9H,1-4,7,10-11H2. The number of halogens is 1. The first-order valence-electron chi connectivity index (χ1n) is 5.45. The monoisotopic (exact) mass is 225 g/mol. The fraction of sp³-hybridized carbons (Fsp3) is 0.462. The van der Waals surface area contributed by atoms with Gasteiger partial charge in [-0.2, -0.15) is 0 Å². The molecule has 1 nitrogen and oxygen atoms in total. The third kappa shape index (κ3) is 5.19. The number of hydrogen-bond donors (Lipinski definition) is 0. The Morgan fingerprint density at radius 1 is 1.13 bits per heavy atom. The van der Waals surface area contributed by atoms with Gasteiger partial charge in [-0.05, 0) is 18.1 Å². The summed E-state index contributed by atoms with van der Waals surface area (Å²) < 4.78 is 5.54. The van der Waals surface area contributed by atoms with Gasteiger partial charge in [0.05, 0.1) is 6.61 Å². The van der Waals surface area contributed by atoms with Crippen LogP contribution < -0.4 is 0 Å². The van der Waals surface area contributed by atoms with Crippen LogP contribution >= 0.6 is 11.6 Å². The molecule has 1 aromatic rings. The average Bonchev–Trinajstić information content (AvgIpc) is 2.25. The Kier molecular flexibility index (Phi) is 6.45. The molecule has 2 heteroatoms. The van der Waals surface area contributed by atoms with Crippen LogP contribution in [0.3, 0.4) is 0 Å². The van der Waals surface area contributed by atoms with Gasteiger partial charge in [0.1, 0.15) is 0 Å². The first-order chi connectivity index (χ1) is 7.34. The van der Waals surface area contributed by atoms with Crippen LogP contribution in [0.5, 0.6) is 0 Å². The fourth-order valence-corrected chi connectivity index (χ4v) is 1.55. The van der Waals surface area contributed by atoms with Crippen molar-refractivity contribution < 1.29 is 4.74 Å². The third-order valence-electron chi connectivity index (χ3n) is 2.25. The van der Waals surface area contributed by atoms with E-state index in [0.29, 0.717) is 6.61 Å². The van der Waals surface area contributed by atoms with E-state index in [-0.39, 0.29) is 0 Å². The molecular formula is C13H18ClO. The van der Waals surface area contributed by atoms with Gasteiger partial charge in [0.2, 0.25) is 0 Å². The van der Waals surface area contributed by atoms with Gasteiger partial charge < -0.3 is 4.74 Å². The highest BCUT2D eigenvalue weighted by atomic mass is 35.5. The van der Waals surface area contributed by atoms with Crippen molar-refractivity contribution in [1.82, 2.24) is 0 Å². The maximum Gasteiger partial charge on any atom is 0.0731 e. The van der Waals surface area contributed by atoms with Crippen LogP contribution in [-0.2, 0) is 11.3 Å². The van der Waals surface area contributed by atoms with E-state index in [1.807, 2.05) is 24.3 Å². The van der Waals surface area contributed by atoms with Gasteiger partial charge in [0, 0.05) is 11.6 Å². The lowest BCUT2D eigenvalue weighted by atomic mass is 10.2. The van der Waals surface area contributed by atoms with E-state index in [1.165, 1.54) is 12.8 Å². The van der Waals surface area contributed by atoms with Gasteiger partial charge in [-0.1, -0.05) is 56.0 Å². The molecule has 83 valence electrons. The molecule has 0 aliphatic heterocycles. The minimum Gasteiger partial charge on any atom is -0.377 e. The Bertz CT molecular complexity index is 273. The van der Waals surface area contributed by atoms with Crippen LogP contribution in [0.15, 0.2) is 24.3 Å². The number of ether oxygens (including phenoxy) is 1. The van der Waals surface area contributed by atoms with Gasteiger partial charge in [0.25, 0.3) is 0 Å². The quantitative estimate of drug-likeness (QED) is 0.631. The molecule has 0 saturated heterocycles. The first-order valence-corrected chi connectivity index (χ1v) is 5.83. The van der Waals surface area contributed by atoms with Crippen LogP contribution in [-0.4, -0.2) is 6.61 Å². The maximum atomic E-state index is 6.00. The van der Waals surface area contributed by atoms with E-state index in [2.05, 4.69) is 6.92 Å². The molecule has 0 amide bonds. The molecular weight excluding hydrogens is 208 g/mol. The zero-order chi connectivity index (χ0) is 10.9. The van der Waals surface area contributed by atoms with E-state index in [1.54, 1.807) is 0 Å². The summed E-state index contributed by atoms with van der Waals surface area (Å²) in [6, 6.07) is 7.80. The zero-order valence-corrected chi connectivity index (χ0v) is 9.80. The molecule has 0 fully saturated rings. The van der Waals surface area contributed by atoms with Gasteiger partial charge in [-0.25, -0.2) is 0 Å². The van der Waals surface area contributed by atoms with Crippen molar-refractivity contribution in [2.75, 3.05) is 6.61 Å². The lowest BCUT2D eigenvalue weighted by Crippen LogP contribution is -1.96. The molecule has 1 radical (unpaired) electrons. The maximum absolute atomic E-state index is 6.00. The van der Waals surface area contributed by atoms with E-state index in [9.17, 15) is 0 Å². The molecule has 0 aliphatic rings. The fourth-order valence-electron chi connectivity index (χ4n) is 1.36. The molecule has 0 aliphatic carbocycles. The molecule has 0 unspecified atom stereocenters. The summed E-state index contributed by atoms with van der Waals surface area (Å²) in [5.41, 5.74) is 1.07. The van der Waals surface area contributed by atoms with Crippen molar-refractivity contribution in [3.05, 3.63) is 41.8 Å². The van der Waals surface area contributed by atoms with Crippen molar-refractivity contribution in [3.8, 4) is 0 Å². The highest BCUT2D eigenvalue weighted by molar-refractivity contribution is 6.31. The normalized spacial score (nSPS) is 10.5. The molecule has 0 atom stereocenters. The van der Waals surface area contributed by atoms with Crippen LogP contribution in [0.25, 0.3) is 0 Å². The highest BCUT2D eigenvalue weighted by Crippen LogP contribution is 2.15. The first kappa shape index (κ1) is 12.5. The van der Waals surface area contributed by atoms with Crippen LogP contribution in [0.4, 0.5) is 0 Å². The van der Waals surface area contributed by atoms with Crippen molar-refractivity contribution in [2.24, 2.45) is 0 Å². The number of unbranched alkanes of at least 4 members (excludes halogenated alkanes) is 3. The second kappa shape index (κ2) is 7.72. The van der Waals surface area contributed by atoms with Gasteiger partial charge in [-0.15, -0.1) is 0 Å². The van der Waals surface area contributed by atoms with Crippen LogP contribution in [0, 0.1) is 6.92 Å². The predicted molar refractivity (Wildman–Crippen MR) is 64.9 cm³/mol. The number of rotatable bonds is 7. The summed E-state index contributed by atoms with van der Waals surface area (Å²) in [5, 5.41) is 0.787. The van der Waals surface area contributed by atoms with E-state index >= 15 is 0 Å². The second-order valence-electron chi connectivity index (χ2n) is 3.56. The summed E-state index contributed by atoms with van der Waals surface area (Å²) in [5.74, 6) is 0. The Balaban J connectivity index is 2.12. The van der Waals surface area contributed by atoms with Crippen LogP contribution in [0.2, 0.25) is 5.02 Å². The Morgan fingerprint density at radius 3 is 2.67 bits per heavy atom. The summed E-state index contributed by atoms with van der Waals surface area (Å²) in [4.78, 5) is 0. The third-order valence-corrected chi connectivity index (χ3v) is 2.62. The number of benzene rings is 1. The van der Waals surface area contributed by atoms with Crippen molar-refractivity contribution in [3.63, 3.8) is 0 Å². The molecule has 1 aromatic carbocycles. The summed E-state index contributed by atoms with van der Waals surface area (Å²) in [6.07, 6.45) is 4.52. The molecule has 15 heavy (non-hydrogen) atoms. The Hall–Kier alpha value is -0.530. The molecule has 0 aromatic heterocycles. The average molecular weight is 226 g/mol.